The second-order valence-electron chi connectivity index (χ2n) is 7.33. The smallest absolute Gasteiger partial charge is 0.240 e. The summed E-state index contributed by atoms with van der Waals surface area (Å²) in [4.78, 5) is 17.3. The van der Waals surface area contributed by atoms with Crippen molar-refractivity contribution in [1.29, 1.82) is 0 Å². The summed E-state index contributed by atoms with van der Waals surface area (Å²) in [6.07, 6.45) is 0.858. The van der Waals surface area contributed by atoms with Crippen LogP contribution in [0.2, 0.25) is 0 Å². The standard InChI is InChI=1S/C22H28N4O2.2ClH/c1-16(2)12-17(13-23)24-22(27)14-26-20-11-7-6-10-19(20)25-21(26)15-28-18-8-4-3-5-9-18;;/h3-11,16-17H,12-15,23H2,1-2H3,(H,24,27);2*1H. The molecule has 164 valence electrons. The van der Waals surface area contributed by atoms with Crippen molar-refractivity contribution in [3.8, 4) is 5.75 Å². The average molecular weight is 453 g/mol. The highest BCUT2D eigenvalue weighted by molar-refractivity contribution is 5.85. The Morgan fingerprint density at radius 2 is 1.77 bits per heavy atom. The van der Waals surface area contributed by atoms with E-state index in [1.807, 2.05) is 59.2 Å². The van der Waals surface area contributed by atoms with Gasteiger partial charge in [-0.3, -0.25) is 4.79 Å². The minimum atomic E-state index is -0.0692. The lowest BCUT2D eigenvalue weighted by Crippen LogP contribution is -2.42. The first-order valence-electron chi connectivity index (χ1n) is 9.68. The van der Waals surface area contributed by atoms with Gasteiger partial charge in [0.2, 0.25) is 5.91 Å². The van der Waals surface area contributed by atoms with Crippen LogP contribution in [-0.4, -0.2) is 28.0 Å². The summed E-state index contributed by atoms with van der Waals surface area (Å²) in [6, 6.07) is 17.4. The van der Waals surface area contributed by atoms with Crippen molar-refractivity contribution in [2.75, 3.05) is 6.54 Å². The zero-order chi connectivity index (χ0) is 19.9. The van der Waals surface area contributed by atoms with Crippen molar-refractivity contribution in [3.05, 3.63) is 60.4 Å². The Kier molecular flexibility index (Phi) is 10.7. The number of nitrogens with zero attached hydrogens (tertiary/aromatic N) is 2. The molecule has 3 N–H and O–H groups in total. The van der Waals surface area contributed by atoms with Crippen molar-refractivity contribution >= 4 is 41.8 Å². The van der Waals surface area contributed by atoms with E-state index in [4.69, 9.17) is 10.5 Å². The minimum absolute atomic E-state index is 0. The number of para-hydroxylation sites is 3. The van der Waals surface area contributed by atoms with Crippen molar-refractivity contribution in [3.63, 3.8) is 0 Å². The molecular weight excluding hydrogens is 423 g/mol. The molecule has 0 bridgehead atoms. The number of benzene rings is 2. The van der Waals surface area contributed by atoms with E-state index in [0.717, 1.165) is 23.2 Å². The number of imidazole rings is 1. The first kappa shape index (κ1) is 25.8. The van der Waals surface area contributed by atoms with E-state index in [-0.39, 0.29) is 49.9 Å². The van der Waals surface area contributed by atoms with Crippen LogP contribution in [0.15, 0.2) is 54.6 Å². The summed E-state index contributed by atoms with van der Waals surface area (Å²) < 4.78 is 7.78. The van der Waals surface area contributed by atoms with Crippen LogP contribution in [-0.2, 0) is 17.9 Å². The second kappa shape index (κ2) is 12.4. The number of aromatic nitrogens is 2. The zero-order valence-electron chi connectivity index (χ0n) is 17.3. The van der Waals surface area contributed by atoms with E-state index in [0.29, 0.717) is 18.3 Å². The van der Waals surface area contributed by atoms with E-state index in [2.05, 4.69) is 24.1 Å². The molecule has 0 spiro atoms. The molecule has 1 unspecified atom stereocenters. The zero-order valence-corrected chi connectivity index (χ0v) is 18.9. The molecule has 1 amide bonds. The maximum Gasteiger partial charge on any atom is 0.240 e. The Balaban J connectivity index is 0.00000225. The van der Waals surface area contributed by atoms with Crippen molar-refractivity contribution < 1.29 is 9.53 Å². The van der Waals surface area contributed by atoms with Gasteiger partial charge in [0.1, 0.15) is 24.7 Å². The first-order chi connectivity index (χ1) is 13.6. The molecule has 0 saturated carbocycles. The third kappa shape index (κ3) is 6.90. The fourth-order valence-electron chi connectivity index (χ4n) is 3.28. The van der Waals surface area contributed by atoms with Gasteiger partial charge >= 0.3 is 0 Å². The van der Waals surface area contributed by atoms with Crippen molar-refractivity contribution in [1.82, 2.24) is 14.9 Å². The van der Waals surface area contributed by atoms with Gasteiger partial charge in [-0.2, -0.15) is 0 Å². The van der Waals surface area contributed by atoms with Crippen LogP contribution >= 0.6 is 24.8 Å². The van der Waals surface area contributed by atoms with Crippen molar-refractivity contribution in [2.24, 2.45) is 11.7 Å². The molecule has 1 heterocycles. The summed E-state index contributed by atoms with van der Waals surface area (Å²) in [5.74, 6) is 1.89. The highest BCUT2D eigenvalue weighted by Gasteiger charge is 2.17. The quantitative estimate of drug-likeness (QED) is 0.514. The summed E-state index contributed by atoms with van der Waals surface area (Å²) in [5.41, 5.74) is 7.58. The van der Waals surface area contributed by atoms with Crippen LogP contribution in [0, 0.1) is 5.92 Å². The van der Waals surface area contributed by atoms with Gasteiger partial charge in [0.25, 0.3) is 0 Å². The predicted octanol–water partition coefficient (Wildman–Crippen LogP) is 3.95. The Morgan fingerprint density at radius 3 is 2.43 bits per heavy atom. The van der Waals surface area contributed by atoms with E-state index in [9.17, 15) is 4.79 Å². The number of fused-ring (bicyclic) bond motifs is 1. The summed E-state index contributed by atoms with van der Waals surface area (Å²) in [5, 5.41) is 3.05. The van der Waals surface area contributed by atoms with Crippen LogP contribution in [0.25, 0.3) is 11.0 Å². The SMILES string of the molecule is CC(C)CC(CN)NC(=O)Cn1c(COc2ccccc2)nc2ccccc21.Cl.Cl. The molecule has 2 aromatic carbocycles. The number of carbonyl (C=O) groups excluding carboxylic acids is 1. The van der Waals surface area contributed by atoms with Crippen LogP contribution in [0.3, 0.4) is 0 Å². The van der Waals surface area contributed by atoms with E-state index in [1.54, 1.807) is 0 Å². The second-order valence-corrected chi connectivity index (χ2v) is 7.33. The Hall–Kier alpha value is -2.28. The molecule has 0 fully saturated rings. The maximum atomic E-state index is 12.7. The highest BCUT2D eigenvalue weighted by atomic mass is 35.5. The van der Waals surface area contributed by atoms with Crippen molar-refractivity contribution in [2.45, 2.75) is 39.5 Å². The summed E-state index contributed by atoms with van der Waals surface area (Å²) in [7, 11) is 0. The molecule has 1 aromatic heterocycles. The van der Waals surface area contributed by atoms with Crippen LogP contribution in [0.5, 0.6) is 5.75 Å². The van der Waals surface area contributed by atoms with Crippen LogP contribution < -0.4 is 15.8 Å². The van der Waals surface area contributed by atoms with Gasteiger partial charge < -0.3 is 20.4 Å². The van der Waals surface area contributed by atoms with Gasteiger partial charge in [0, 0.05) is 12.6 Å². The summed E-state index contributed by atoms with van der Waals surface area (Å²) >= 11 is 0. The molecule has 0 aliphatic rings. The first-order valence-corrected chi connectivity index (χ1v) is 9.68. The highest BCUT2D eigenvalue weighted by Crippen LogP contribution is 2.18. The molecule has 3 aromatic rings. The fraction of sp³-hybridized carbons (Fsp3) is 0.364. The van der Waals surface area contributed by atoms with Crippen LogP contribution in [0.4, 0.5) is 0 Å². The van der Waals surface area contributed by atoms with Gasteiger partial charge in [-0.1, -0.05) is 44.2 Å². The van der Waals surface area contributed by atoms with Gasteiger partial charge in [-0.05, 0) is 36.6 Å². The molecule has 0 radical (unpaired) electrons. The fourth-order valence-corrected chi connectivity index (χ4v) is 3.28. The van der Waals surface area contributed by atoms with Crippen LogP contribution in [0.1, 0.15) is 26.1 Å². The van der Waals surface area contributed by atoms with E-state index >= 15 is 0 Å². The molecule has 3 rings (SSSR count). The lowest BCUT2D eigenvalue weighted by Gasteiger charge is -2.19. The number of nitrogens with two attached hydrogens (primary N) is 1. The Bertz CT molecular complexity index is 916. The molecule has 8 heteroatoms. The number of rotatable bonds is 9. The van der Waals surface area contributed by atoms with Gasteiger partial charge in [0.15, 0.2) is 0 Å². The molecule has 0 saturated heterocycles. The number of hydrogen-bond donors (Lipinski definition) is 2. The molecule has 0 aliphatic carbocycles. The molecular formula is C22H30Cl2N4O2. The number of carbonyl (C=O) groups is 1. The molecule has 30 heavy (non-hydrogen) atoms. The number of nitrogens with one attached hydrogen (secondary N) is 1. The molecule has 6 nitrogen and oxygen atoms in total. The predicted molar refractivity (Wildman–Crippen MR) is 125 cm³/mol. The Morgan fingerprint density at radius 1 is 1.10 bits per heavy atom. The van der Waals surface area contributed by atoms with Gasteiger partial charge in [-0.25, -0.2) is 4.98 Å². The number of halogens is 2. The normalized spacial score (nSPS) is 11.5. The maximum absolute atomic E-state index is 12.7. The number of ether oxygens (including phenoxy) is 1. The van der Waals surface area contributed by atoms with E-state index in [1.165, 1.54) is 0 Å². The summed E-state index contributed by atoms with van der Waals surface area (Å²) in [6.45, 7) is 5.15. The number of hydrogen-bond acceptors (Lipinski definition) is 4. The largest absolute Gasteiger partial charge is 0.486 e. The molecule has 1 atom stereocenters. The third-order valence-corrected chi connectivity index (χ3v) is 4.55. The molecule has 0 aliphatic heterocycles. The Labute approximate surface area is 190 Å². The minimum Gasteiger partial charge on any atom is -0.486 e. The average Bonchev–Trinajstić information content (AvgIpc) is 3.03. The van der Waals surface area contributed by atoms with E-state index < -0.39 is 0 Å². The van der Waals surface area contributed by atoms with Gasteiger partial charge in [0.05, 0.1) is 11.0 Å². The monoisotopic (exact) mass is 452 g/mol. The number of amides is 1. The third-order valence-electron chi connectivity index (χ3n) is 4.55. The topological polar surface area (TPSA) is 82.2 Å². The lowest BCUT2D eigenvalue weighted by molar-refractivity contribution is -0.122. The lowest BCUT2D eigenvalue weighted by atomic mass is 10.0. The van der Waals surface area contributed by atoms with Gasteiger partial charge in [-0.15, -0.1) is 24.8 Å².